The van der Waals surface area contributed by atoms with Gasteiger partial charge in [-0.05, 0) is 66.8 Å². The monoisotopic (exact) mass is 399 g/mol. The summed E-state index contributed by atoms with van der Waals surface area (Å²) in [6.07, 6.45) is 8.60. The quantitative estimate of drug-likeness (QED) is 0.513. The Morgan fingerprint density at radius 3 is 2.63 bits per heavy atom. The van der Waals surface area contributed by atoms with E-state index in [0.717, 1.165) is 29.4 Å². The van der Waals surface area contributed by atoms with Crippen molar-refractivity contribution < 1.29 is 14.0 Å². The van der Waals surface area contributed by atoms with Crippen LogP contribution in [0.1, 0.15) is 39.3 Å². The SMILES string of the molecule is Cn1ccnc1C(=O)c1ccc(NC(=O)Cc2coc3cc4c(cc23)CCC4)cc1. The van der Waals surface area contributed by atoms with Gasteiger partial charge in [0.1, 0.15) is 5.58 Å². The number of nitrogens with one attached hydrogen (secondary N) is 1. The van der Waals surface area contributed by atoms with Crippen molar-refractivity contribution in [1.82, 2.24) is 9.55 Å². The number of amides is 1. The molecule has 0 spiro atoms. The zero-order valence-electron chi connectivity index (χ0n) is 16.6. The number of carbonyl (C=O) groups is 2. The highest BCUT2D eigenvalue weighted by atomic mass is 16.3. The summed E-state index contributed by atoms with van der Waals surface area (Å²) in [5, 5.41) is 3.91. The van der Waals surface area contributed by atoms with Crippen LogP contribution < -0.4 is 5.32 Å². The average molecular weight is 399 g/mol. The zero-order chi connectivity index (χ0) is 20.7. The van der Waals surface area contributed by atoms with Crippen molar-refractivity contribution in [3.8, 4) is 0 Å². The fraction of sp³-hybridized carbons (Fsp3) is 0.208. The molecule has 150 valence electrons. The lowest BCUT2D eigenvalue weighted by Gasteiger charge is -2.06. The van der Waals surface area contributed by atoms with Crippen molar-refractivity contribution >= 4 is 28.3 Å². The molecule has 1 aliphatic carbocycles. The Morgan fingerprint density at radius 1 is 1.13 bits per heavy atom. The number of nitrogens with zero attached hydrogens (tertiary/aromatic N) is 2. The van der Waals surface area contributed by atoms with Crippen molar-refractivity contribution in [2.24, 2.45) is 7.05 Å². The smallest absolute Gasteiger partial charge is 0.228 e. The largest absolute Gasteiger partial charge is 0.464 e. The zero-order valence-corrected chi connectivity index (χ0v) is 16.6. The van der Waals surface area contributed by atoms with E-state index in [9.17, 15) is 9.59 Å². The summed E-state index contributed by atoms with van der Waals surface area (Å²) < 4.78 is 7.37. The number of fused-ring (bicyclic) bond motifs is 2. The van der Waals surface area contributed by atoms with Gasteiger partial charge in [0, 0.05) is 41.6 Å². The van der Waals surface area contributed by atoms with E-state index in [1.165, 1.54) is 17.5 Å². The van der Waals surface area contributed by atoms with Crippen LogP contribution in [0.5, 0.6) is 0 Å². The van der Waals surface area contributed by atoms with Crippen molar-refractivity contribution in [2.45, 2.75) is 25.7 Å². The number of imidazole rings is 1. The van der Waals surface area contributed by atoms with Crippen molar-refractivity contribution in [3.63, 3.8) is 0 Å². The normalized spacial score (nSPS) is 12.8. The molecule has 4 aromatic rings. The highest BCUT2D eigenvalue weighted by Crippen LogP contribution is 2.30. The lowest BCUT2D eigenvalue weighted by Crippen LogP contribution is -2.14. The minimum absolute atomic E-state index is 0.124. The van der Waals surface area contributed by atoms with Crippen LogP contribution in [-0.4, -0.2) is 21.2 Å². The first-order valence-corrected chi connectivity index (χ1v) is 10.0. The van der Waals surface area contributed by atoms with Gasteiger partial charge >= 0.3 is 0 Å². The molecule has 6 heteroatoms. The highest BCUT2D eigenvalue weighted by Gasteiger charge is 2.17. The average Bonchev–Trinajstić information content (AvgIpc) is 3.46. The fourth-order valence-corrected chi connectivity index (χ4v) is 4.08. The first kappa shape index (κ1) is 18.4. The maximum Gasteiger partial charge on any atom is 0.228 e. The van der Waals surface area contributed by atoms with Gasteiger partial charge in [0.15, 0.2) is 5.82 Å². The van der Waals surface area contributed by atoms with Crippen LogP contribution >= 0.6 is 0 Å². The summed E-state index contributed by atoms with van der Waals surface area (Å²) in [4.78, 5) is 29.2. The van der Waals surface area contributed by atoms with Gasteiger partial charge in [0.05, 0.1) is 12.7 Å². The van der Waals surface area contributed by atoms with Gasteiger partial charge in [-0.15, -0.1) is 0 Å². The van der Waals surface area contributed by atoms with E-state index in [0.29, 0.717) is 17.1 Å². The third kappa shape index (κ3) is 3.30. The van der Waals surface area contributed by atoms with Crippen molar-refractivity contribution in [3.05, 3.63) is 83.1 Å². The Balaban J connectivity index is 1.28. The molecular formula is C24H21N3O3. The van der Waals surface area contributed by atoms with E-state index in [-0.39, 0.29) is 18.1 Å². The number of hydrogen-bond acceptors (Lipinski definition) is 4. The maximum absolute atomic E-state index is 12.6. The fourth-order valence-electron chi connectivity index (χ4n) is 4.08. The molecule has 6 nitrogen and oxygen atoms in total. The van der Waals surface area contributed by atoms with E-state index < -0.39 is 0 Å². The van der Waals surface area contributed by atoms with E-state index in [4.69, 9.17) is 4.42 Å². The Morgan fingerprint density at radius 2 is 1.90 bits per heavy atom. The predicted molar refractivity (Wildman–Crippen MR) is 114 cm³/mol. The summed E-state index contributed by atoms with van der Waals surface area (Å²) in [5.74, 6) is 0.101. The Bertz CT molecular complexity index is 1260. The number of carbonyl (C=O) groups excluding carboxylic acids is 2. The van der Waals surface area contributed by atoms with Gasteiger partial charge in [-0.1, -0.05) is 0 Å². The molecule has 2 aromatic carbocycles. The predicted octanol–water partition coefficient (Wildman–Crippen LogP) is 4.07. The summed E-state index contributed by atoms with van der Waals surface area (Å²) in [6.45, 7) is 0. The summed E-state index contributed by atoms with van der Waals surface area (Å²) in [5.41, 5.74) is 5.61. The number of aryl methyl sites for hydroxylation is 3. The van der Waals surface area contributed by atoms with Crippen LogP contribution in [0.4, 0.5) is 5.69 Å². The lowest BCUT2D eigenvalue weighted by molar-refractivity contribution is -0.115. The van der Waals surface area contributed by atoms with Crippen LogP contribution in [0.3, 0.4) is 0 Å². The molecule has 0 atom stereocenters. The van der Waals surface area contributed by atoms with Gasteiger partial charge < -0.3 is 14.3 Å². The van der Waals surface area contributed by atoms with E-state index in [1.807, 2.05) is 0 Å². The minimum Gasteiger partial charge on any atom is -0.464 e. The third-order valence-corrected chi connectivity index (χ3v) is 5.67. The molecule has 0 aliphatic heterocycles. The van der Waals surface area contributed by atoms with Crippen molar-refractivity contribution in [1.29, 1.82) is 0 Å². The van der Waals surface area contributed by atoms with Gasteiger partial charge in [-0.2, -0.15) is 0 Å². The van der Waals surface area contributed by atoms with Gasteiger partial charge in [0.2, 0.25) is 11.7 Å². The number of hydrogen-bond donors (Lipinski definition) is 1. The Hall–Kier alpha value is -3.67. The molecule has 0 bridgehead atoms. The van der Waals surface area contributed by atoms with Crippen LogP contribution in [0.25, 0.3) is 11.0 Å². The van der Waals surface area contributed by atoms with E-state index >= 15 is 0 Å². The van der Waals surface area contributed by atoms with Crippen LogP contribution in [0.2, 0.25) is 0 Å². The number of ketones is 1. The number of aromatic nitrogens is 2. The van der Waals surface area contributed by atoms with Gasteiger partial charge in [-0.3, -0.25) is 9.59 Å². The standard InChI is InChI=1S/C24H21N3O3/c1-27-10-9-25-24(27)23(29)15-5-7-19(8-6-15)26-22(28)13-18-14-30-21-12-17-4-2-3-16(17)11-20(18)21/h5-12,14H,2-4,13H2,1H3,(H,26,28). The summed E-state index contributed by atoms with van der Waals surface area (Å²) >= 11 is 0. The van der Waals surface area contributed by atoms with Crippen molar-refractivity contribution in [2.75, 3.05) is 5.32 Å². The lowest BCUT2D eigenvalue weighted by atomic mass is 10.0. The van der Waals surface area contributed by atoms with Gasteiger partial charge in [-0.25, -0.2) is 4.98 Å². The van der Waals surface area contributed by atoms with Crippen LogP contribution in [0, 0.1) is 0 Å². The summed E-state index contributed by atoms with van der Waals surface area (Å²) in [7, 11) is 1.78. The molecule has 1 amide bonds. The maximum atomic E-state index is 12.6. The molecule has 30 heavy (non-hydrogen) atoms. The van der Waals surface area contributed by atoms with Gasteiger partial charge in [0.25, 0.3) is 0 Å². The highest BCUT2D eigenvalue weighted by molar-refractivity contribution is 6.07. The molecule has 0 saturated carbocycles. The third-order valence-electron chi connectivity index (χ3n) is 5.67. The molecule has 0 fully saturated rings. The molecule has 0 saturated heterocycles. The first-order chi connectivity index (χ1) is 14.6. The number of anilines is 1. The number of benzene rings is 2. The molecule has 5 rings (SSSR count). The minimum atomic E-state index is -0.155. The molecule has 2 heterocycles. The first-order valence-electron chi connectivity index (χ1n) is 10.0. The number of furan rings is 1. The topological polar surface area (TPSA) is 77.1 Å². The molecular weight excluding hydrogens is 378 g/mol. The molecule has 1 aliphatic rings. The second kappa shape index (κ2) is 7.30. The van der Waals surface area contributed by atoms with E-state index in [1.54, 1.807) is 54.5 Å². The Kier molecular flexibility index (Phi) is 4.47. The second-order valence-electron chi connectivity index (χ2n) is 7.72. The van der Waals surface area contributed by atoms with Crippen LogP contribution in [-0.2, 0) is 31.1 Å². The Labute approximate surface area is 173 Å². The van der Waals surface area contributed by atoms with Crippen LogP contribution in [0.15, 0.2) is 59.5 Å². The van der Waals surface area contributed by atoms with E-state index in [2.05, 4.69) is 22.4 Å². The molecule has 1 N–H and O–H groups in total. The summed E-state index contributed by atoms with van der Waals surface area (Å²) in [6, 6.07) is 11.1. The molecule has 0 radical (unpaired) electrons. The molecule has 2 aromatic heterocycles. The second-order valence-corrected chi connectivity index (χ2v) is 7.72. The molecule has 0 unspecified atom stereocenters. The number of rotatable bonds is 5.